The third kappa shape index (κ3) is 3.89. The molecule has 0 aromatic heterocycles. The summed E-state index contributed by atoms with van der Waals surface area (Å²) in [5, 5.41) is 9.78. The number of guanidine groups is 1. The molecule has 7 nitrogen and oxygen atoms in total. The summed E-state index contributed by atoms with van der Waals surface area (Å²) in [5.41, 5.74) is 7.70. The minimum atomic E-state index is -0.498. The van der Waals surface area contributed by atoms with E-state index in [2.05, 4.69) is 5.32 Å². The number of rotatable bonds is 3. The fourth-order valence-corrected chi connectivity index (χ4v) is 2.52. The molecule has 0 radical (unpaired) electrons. The minimum Gasteiger partial charge on any atom is -0.423 e. The quantitative estimate of drug-likeness (QED) is 0.336. The summed E-state index contributed by atoms with van der Waals surface area (Å²) in [6, 6.07) is 11.4. The molecule has 1 aliphatic rings. The highest BCUT2D eigenvalue weighted by molar-refractivity contribution is 5.98. The Morgan fingerprint density at radius 1 is 1.24 bits per heavy atom. The number of carbonyl (C=O) groups excluding carboxylic acids is 2. The number of nitrogens with one attached hydrogen (secondary N) is 2. The van der Waals surface area contributed by atoms with Crippen LogP contribution in [0, 0.1) is 5.41 Å². The second-order valence-corrected chi connectivity index (χ2v) is 5.49. The normalized spacial score (nSPS) is 12.2. The first-order chi connectivity index (χ1) is 11.4. The molecule has 3 rings (SSSR count). The maximum Gasteiger partial charge on any atom is 0.343 e. The van der Waals surface area contributed by atoms with Crippen LogP contribution in [0.3, 0.4) is 0 Å². The van der Waals surface area contributed by atoms with E-state index in [9.17, 15) is 9.59 Å². The van der Waals surface area contributed by atoms with Gasteiger partial charge in [-0.15, -0.1) is 12.4 Å². The Morgan fingerprint density at radius 3 is 2.56 bits per heavy atom. The highest BCUT2D eigenvalue weighted by Crippen LogP contribution is 2.26. The molecule has 1 heterocycles. The van der Waals surface area contributed by atoms with Gasteiger partial charge in [-0.05, 0) is 48.0 Å². The zero-order valence-corrected chi connectivity index (χ0v) is 14.2. The lowest BCUT2D eigenvalue weighted by molar-refractivity contribution is 0.0734. The Bertz CT molecular complexity index is 836. The van der Waals surface area contributed by atoms with E-state index in [0.717, 1.165) is 5.56 Å². The molecule has 4 N–H and O–H groups in total. The van der Waals surface area contributed by atoms with E-state index < -0.39 is 5.97 Å². The van der Waals surface area contributed by atoms with Crippen molar-refractivity contribution in [3.8, 4) is 5.75 Å². The third-order valence-electron chi connectivity index (χ3n) is 3.67. The summed E-state index contributed by atoms with van der Waals surface area (Å²) in [5.74, 6) is -0.311. The van der Waals surface area contributed by atoms with Gasteiger partial charge in [-0.1, -0.05) is 0 Å². The van der Waals surface area contributed by atoms with Gasteiger partial charge >= 0.3 is 5.97 Å². The number of fused-ring (bicyclic) bond motifs is 1. The summed E-state index contributed by atoms with van der Waals surface area (Å²) in [6.07, 6.45) is 0. The number of amides is 1. The summed E-state index contributed by atoms with van der Waals surface area (Å²) >= 11 is 0. The maximum absolute atomic E-state index is 12.2. The average molecular weight is 361 g/mol. The van der Waals surface area contributed by atoms with Gasteiger partial charge in [0, 0.05) is 24.8 Å². The average Bonchev–Trinajstić information content (AvgIpc) is 2.81. The van der Waals surface area contributed by atoms with E-state index in [0.29, 0.717) is 29.1 Å². The fourth-order valence-electron chi connectivity index (χ4n) is 2.52. The molecule has 0 unspecified atom stereocenters. The van der Waals surface area contributed by atoms with Crippen molar-refractivity contribution in [1.82, 2.24) is 4.90 Å². The lowest BCUT2D eigenvalue weighted by Gasteiger charge is -2.07. The predicted octanol–water partition coefficient (Wildman–Crippen LogP) is 2.22. The van der Waals surface area contributed by atoms with Gasteiger partial charge in [0.1, 0.15) is 5.75 Å². The van der Waals surface area contributed by atoms with Crippen molar-refractivity contribution in [3.63, 3.8) is 0 Å². The molecule has 0 saturated heterocycles. The van der Waals surface area contributed by atoms with Gasteiger partial charge in [0.05, 0.1) is 5.56 Å². The van der Waals surface area contributed by atoms with Crippen molar-refractivity contribution in [1.29, 1.82) is 5.41 Å². The Balaban J connectivity index is 0.00000225. The SMILES string of the molecule is CN1Cc2cc(OC(=O)c3ccc(NC(=N)N)cc3)ccc2C1=O.Cl. The number of halogens is 1. The van der Waals surface area contributed by atoms with Crippen LogP contribution in [0.1, 0.15) is 26.3 Å². The number of nitrogens with two attached hydrogens (primary N) is 1. The number of esters is 1. The van der Waals surface area contributed by atoms with Crippen LogP contribution in [0.2, 0.25) is 0 Å². The summed E-state index contributed by atoms with van der Waals surface area (Å²) in [7, 11) is 1.73. The molecule has 1 aliphatic heterocycles. The predicted molar refractivity (Wildman–Crippen MR) is 96.4 cm³/mol. The maximum atomic E-state index is 12.2. The van der Waals surface area contributed by atoms with Crippen molar-refractivity contribution < 1.29 is 14.3 Å². The molecule has 130 valence electrons. The number of hydrogen-bond donors (Lipinski definition) is 3. The van der Waals surface area contributed by atoms with Crippen LogP contribution < -0.4 is 15.8 Å². The lowest BCUT2D eigenvalue weighted by Crippen LogP contribution is -2.20. The van der Waals surface area contributed by atoms with Crippen LogP contribution in [0.4, 0.5) is 5.69 Å². The van der Waals surface area contributed by atoms with Gasteiger partial charge in [0.2, 0.25) is 0 Å². The van der Waals surface area contributed by atoms with E-state index in [1.54, 1.807) is 54.4 Å². The molecule has 0 aliphatic carbocycles. The van der Waals surface area contributed by atoms with Gasteiger partial charge in [0.15, 0.2) is 5.96 Å². The fraction of sp³-hybridized carbons (Fsp3) is 0.118. The van der Waals surface area contributed by atoms with Crippen molar-refractivity contribution in [2.75, 3.05) is 12.4 Å². The van der Waals surface area contributed by atoms with Crippen LogP contribution in [-0.4, -0.2) is 29.8 Å². The van der Waals surface area contributed by atoms with Crippen molar-refractivity contribution in [2.24, 2.45) is 5.73 Å². The van der Waals surface area contributed by atoms with Gasteiger partial charge < -0.3 is 20.7 Å². The van der Waals surface area contributed by atoms with Crippen LogP contribution in [0.25, 0.3) is 0 Å². The second kappa shape index (κ2) is 7.23. The Morgan fingerprint density at radius 2 is 1.92 bits per heavy atom. The molecular formula is C17H17ClN4O3. The Labute approximate surface area is 150 Å². The van der Waals surface area contributed by atoms with Crippen molar-refractivity contribution in [2.45, 2.75) is 6.54 Å². The summed E-state index contributed by atoms with van der Waals surface area (Å²) in [6.45, 7) is 0.505. The van der Waals surface area contributed by atoms with Crippen LogP contribution in [0.5, 0.6) is 5.75 Å². The summed E-state index contributed by atoms with van der Waals surface area (Å²) < 4.78 is 5.36. The standard InChI is InChI=1S/C17H16N4O3.ClH/c1-21-9-11-8-13(6-7-14(11)15(21)22)24-16(23)10-2-4-12(5-3-10)20-17(18)19;/h2-8H,9H2,1H3,(H4,18,19,20);1H. The van der Waals surface area contributed by atoms with Crippen LogP contribution in [0.15, 0.2) is 42.5 Å². The summed E-state index contributed by atoms with van der Waals surface area (Å²) in [4.78, 5) is 25.6. The van der Waals surface area contributed by atoms with Gasteiger partial charge in [0.25, 0.3) is 5.91 Å². The topological polar surface area (TPSA) is 109 Å². The molecule has 1 amide bonds. The van der Waals surface area contributed by atoms with Gasteiger partial charge in [-0.25, -0.2) is 4.79 Å². The number of anilines is 1. The molecule has 0 saturated carbocycles. The minimum absolute atomic E-state index is 0. The molecule has 0 spiro atoms. The molecule has 0 atom stereocenters. The molecular weight excluding hydrogens is 344 g/mol. The van der Waals surface area contributed by atoms with Crippen LogP contribution in [-0.2, 0) is 6.54 Å². The third-order valence-corrected chi connectivity index (χ3v) is 3.67. The largest absolute Gasteiger partial charge is 0.423 e. The van der Waals surface area contributed by atoms with E-state index in [1.165, 1.54) is 0 Å². The van der Waals surface area contributed by atoms with Gasteiger partial charge in [-0.3, -0.25) is 10.2 Å². The van der Waals surface area contributed by atoms with E-state index in [-0.39, 0.29) is 24.3 Å². The number of carbonyl (C=O) groups is 2. The van der Waals surface area contributed by atoms with Gasteiger partial charge in [-0.2, -0.15) is 0 Å². The Kier molecular flexibility index (Phi) is 5.29. The molecule has 2 aromatic rings. The molecule has 2 aromatic carbocycles. The smallest absolute Gasteiger partial charge is 0.343 e. The van der Waals surface area contributed by atoms with E-state index >= 15 is 0 Å². The van der Waals surface area contributed by atoms with Crippen molar-refractivity contribution >= 4 is 35.9 Å². The van der Waals surface area contributed by atoms with E-state index in [4.69, 9.17) is 15.9 Å². The van der Waals surface area contributed by atoms with E-state index in [1.807, 2.05) is 0 Å². The van der Waals surface area contributed by atoms with Crippen molar-refractivity contribution in [3.05, 3.63) is 59.2 Å². The number of hydrogen-bond acceptors (Lipinski definition) is 4. The Hall–Kier alpha value is -3.06. The lowest BCUT2D eigenvalue weighted by atomic mass is 10.1. The molecule has 0 bridgehead atoms. The second-order valence-electron chi connectivity index (χ2n) is 5.49. The highest BCUT2D eigenvalue weighted by Gasteiger charge is 2.24. The number of benzene rings is 2. The first-order valence-corrected chi connectivity index (χ1v) is 7.26. The monoisotopic (exact) mass is 360 g/mol. The highest BCUT2D eigenvalue weighted by atomic mass is 35.5. The zero-order valence-electron chi connectivity index (χ0n) is 13.4. The molecule has 0 fully saturated rings. The van der Waals surface area contributed by atoms with Crippen LogP contribution >= 0.6 is 12.4 Å². The molecule has 8 heteroatoms. The molecule has 25 heavy (non-hydrogen) atoms. The zero-order chi connectivity index (χ0) is 17.3. The number of nitrogens with zero attached hydrogens (tertiary/aromatic N) is 1. The first-order valence-electron chi connectivity index (χ1n) is 7.26. The number of ether oxygens (including phenoxy) is 1. The first kappa shape index (κ1) is 18.3.